The maximum absolute atomic E-state index is 12.2. The van der Waals surface area contributed by atoms with Crippen LogP contribution in [-0.4, -0.2) is 14.3 Å². The van der Waals surface area contributed by atoms with Gasteiger partial charge in [-0.3, -0.25) is 9.52 Å². The Morgan fingerprint density at radius 1 is 1.10 bits per heavy atom. The van der Waals surface area contributed by atoms with E-state index >= 15 is 0 Å². The Morgan fingerprint density at radius 2 is 1.75 bits per heavy atom. The van der Waals surface area contributed by atoms with E-state index in [1.165, 1.54) is 30.3 Å². The van der Waals surface area contributed by atoms with Gasteiger partial charge in [-0.25, -0.2) is 8.42 Å². The smallest absolute Gasteiger partial charge is 0.261 e. The first-order chi connectivity index (χ1) is 9.38. The summed E-state index contributed by atoms with van der Waals surface area (Å²) in [6, 6.07) is 12.5. The van der Waals surface area contributed by atoms with Crippen molar-refractivity contribution in [2.45, 2.75) is 11.8 Å². The Bertz CT molecular complexity index is 737. The number of nitrogens with one attached hydrogen (secondary N) is 1. The van der Waals surface area contributed by atoms with Gasteiger partial charge in [-0.2, -0.15) is 0 Å². The lowest BCUT2D eigenvalue weighted by atomic mass is 10.2. The average Bonchev–Trinajstić information content (AvgIpc) is 2.39. The van der Waals surface area contributed by atoms with E-state index in [9.17, 15) is 13.2 Å². The van der Waals surface area contributed by atoms with Gasteiger partial charge in [-0.15, -0.1) is 0 Å². The summed E-state index contributed by atoms with van der Waals surface area (Å²) in [6.07, 6.45) is 0. The van der Waals surface area contributed by atoms with Crippen molar-refractivity contribution in [1.82, 2.24) is 0 Å². The van der Waals surface area contributed by atoms with E-state index in [-0.39, 0.29) is 4.90 Å². The SMILES string of the molecule is Cc1cccc(S(=O)(=O)Nc2ccc(C(N)=O)cc2)c1. The zero-order valence-electron chi connectivity index (χ0n) is 10.8. The van der Waals surface area contributed by atoms with E-state index in [1.54, 1.807) is 12.1 Å². The maximum Gasteiger partial charge on any atom is 0.261 e. The minimum atomic E-state index is -3.64. The fraction of sp³-hybridized carbons (Fsp3) is 0.0714. The molecule has 6 heteroatoms. The fourth-order valence-corrected chi connectivity index (χ4v) is 2.86. The number of hydrogen-bond donors (Lipinski definition) is 2. The Labute approximate surface area is 117 Å². The zero-order valence-corrected chi connectivity index (χ0v) is 11.6. The minimum Gasteiger partial charge on any atom is -0.366 e. The van der Waals surface area contributed by atoms with Crippen LogP contribution >= 0.6 is 0 Å². The molecule has 0 aliphatic heterocycles. The van der Waals surface area contributed by atoms with Gasteiger partial charge >= 0.3 is 0 Å². The highest BCUT2D eigenvalue weighted by Gasteiger charge is 2.14. The molecular formula is C14H14N2O3S. The van der Waals surface area contributed by atoms with Crippen molar-refractivity contribution in [2.24, 2.45) is 5.73 Å². The Morgan fingerprint density at radius 3 is 2.30 bits per heavy atom. The standard InChI is InChI=1S/C14H14N2O3S/c1-10-3-2-4-13(9-10)20(18,19)16-12-7-5-11(6-8-12)14(15)17/h2-9,16H,1H3,(H2,15,17). The second-order valence-corrected chi connectivity index (χ2v) is 6.05. The number of rotatable bonds is 4. The summed E-state index contributed by atoms with van der Waals surface area (Å²) in [7, 11) is -3.64. The van der Waals surface area contributed by atoms with Crippen molar-refractivity contribution in [3.63, 3.8) is 0 Å². The van der Waals surface area contributed by atoms with Crippen LogP contribution in [0.1, 0.15) is 15.9 Å². The first-order valence-electron chi connectivity index (χ1n) is 5.88. The van der Waals surface area contributed by atoms with Gasteiger partial charge in [0.1, 0.15) is 0 Å². The number of benzene rings is 2. The summed E-state index contributed by atoms with van der Waals surface area (Å²) in [5.74, 6) is -0.557. The van der Waals surface area contributed by atoms with Gasteiger partial charge in [0, 0.05) is 11.3 Å². The molecule has 2 rings (SSSR count). The first-order valence-corrected chi connectivity index (χ1v) is 7.36. The van der Waals surface area contributed by atoms with E-state index in [1.807, 2.05) is 13.0 Å². The predicted octanol–water partition coefficient (Wildman–Crippen LogP) is 1.89. The van der Waals surface area contributed by atoms with Crippen LogP contribution in [0.4, 0.5) is 5.69 Å². The topological polar surface area (TPSA) is 89.3 Å². The number of anilines is 1. The number of hydrogen-bond acceptors (Lipinski definition) is 3. The van der Waals surface area contributed by atoms with E-state index in [0.29, 0.717) is 11.3 Å². The van der Waals surface area contributed by atoms with Crippen molar-refractivity contribution in [1.29, 1.82) is 0 Å². The molecule has 2 aromatic rings. The normalized spacial score (nSPS) is 11.1. The van der Waals surface area contributed by atoms with Gasteiger partial charge in [-0.1, -0.05) is 12.1 Å². The summed E-state index contributed by atoms with van der Waals surface area (Å²) >= 11 is 0. The second kappa shape index (κ2) is 5.34. The Balaban J connectivity index is 2.26. The van der Waals surface area contributed by atoms with Crippen molar-refractivity contribution >= 4 is 21.6 Å². The van der Waals surface area contributed by atoms with Gasteiger partial charge in [0.2, 0.25) is 5.91 Å². The molecule has 5 nitrogen and oxygen atoms in total. The molecule has 0 aromatic heterocycles. The molecule has 0 spiro atoms. The fourth-order valence-electron chi connectivity index (χ4n) is 1.70. The third-order valence-corrected chi connectivity index (χ3v) is 4.10. The molecule has 1 amide bonds. The molecule has 2 aromatic carbocycles. The molecule has 0 saturated carbocycles. The third kappa shape index (κ3) is 3.16. The molecule has 3 N–H and O–H groups in total. The van der Waals surface area contributed by atoms with Crippen molar-refractivity contribution < 1.29 is 13.2 Å². The lowest BCUT2D eigenvalue weighted by Gasteiger charge is -2.09. The van der Waals surface area contributed by atoms with Crippen LogP contribution in [0.5, 0.6) is 0 Å². The van der Waals surface area contributed by atoms with Gasteiger partial charge in [0.05, 0.1) is 4.90 Å². The van der Waals surface area contributed by atoms with Crippen LogP contribution in [0.15, 0.2) is 53.4 Å². The maximum atomic E-state index is 12.2. The van der Waals surface area contributed by atoms with Crippen molar-refractivity contribution in [3.8, 4) is 0 Å². The summed E-state index contributed by atoms with van der Waals surface area (Å²) < 4.78 is 26.8. The molecule has 0 fully saturated rings. The second-order valence-electron chi connectivity index (χ2n) is 4.36. The highest BCUT2D eigenvalue weighted by atomic mass is 32.2. The van der Waals surface area contributed by atoms with Crippen LogP contribution in [0, 0.1) is 6.92 Å². The van der Waals surface area contributed by atoms with E-state index in [2.05, 4.69) is 4.72 Å². The lowest BCUT2D eigenvalue weighted by molar-refractivity contribution is 0.100. The number of nitrogens with two attached hydrogens (primary N) is 1. The molecule has 0 saturated heterocycles. The van der Waals surface area contributed by atoms with E-state index < -0.39 is 15.9 Å². The van der Waals surface area contributed by atoms with E-state index in [4.69, 9.17) is 5.73 Å². The van der Waals surface area contributed by atoms with Crippen LogP contribution in [0.2, 0.25) is 0 Å². The number of carbonyl (C=O) groups is 1. The molecule has 20 heavy (non-hydrogen) atoms. The molecule has 0 unspecified atom stereocenters. The number of sulfonamides is 1. The molecule has 0 bridgehead atoms. The molecular weight excluding hydrogens is 276 g/mol. The van der Waals surface area contributed by atoms with E-state index in [0.717, 1.165) is 5.56 Å². The predicted molar refractivity (Wildman–Crippen MR) is 76.9 cm³/mol. The number of aryl methyl sites for hydroxylation is 1. The van der Waals surface area contributed by atoms with Gasteiger partial charge in [0.25, 0.3) is 10.0 Å². The summed E-state index contributed by atoms with van der Waals surface area (Å²) in [5, 5.41) is 0. The highest BCUT2D eigenvalue weighted by Crippen LogP contribution is 2.17. The highest BCUT2D eigenvalue weighted by molar-refractivity contribution is 7.92. The molecule has 104 valence electrons. The average molecular weight is 290 g/mol. The van der Waals surface area contributed by atoms with Crippen LogP contribution in [0.25, 0.3) is 0 Å². The minimum absolute atomic E-state index is 0.191. The summed E-state index contributed by atoms with van der Waals surface area (Å²) in [6.45, 7) is 1.82. The number of amides is 1. The summed E-state index contributed by atoms with van der Waals surface area (Å²) in [4.78, 5) is 11.1. The van der Waals surface area contributed by atoms with Gasteiger partial charge in [-0.05, 0) is 48.9 Å². The van der Waals surface area contributed by atoms with Crippen LogP contribution < -0.4 is 10.5 Å². The largest absolute Gasteiger partial charge is 0.366 e. The molecule has 0 aliphatic rings. The molecule has 0 atom stereocenters. The monoisotopic (exact) mass is 290 g/mol. The first kappa shape index (κ1) is 14.1. The summed E-state index contributed by atoms with van der Waals surface area (Å²) in [5.41, 5.74) is 6.67. The third-order valence-electron chi connectivity index (χ3n) is 2.72. The zero-order chi connectivity index (χ0) is 14.8. The van der Waals surface area contributed by atoms with Crippen molar-refractivity contribution in [2.75, 3.05) is 4.72 Å². The Hall–Kier alpha value is -2.34. The van der Waals surface area contributed by atoms with Crippen LogP contribution in [0.3, 0.4) is 0 Å². The Kier molecular flexibility index (Phi) is 3.76. The van der Waals surface area contributed by atoms with Crippen LogP contribution in [-0.2, 0) is 10.0 Å². The van der Waals surface area contributed by atoms with Crippen molar-refractivity contribution in [3.05, 3.63) is 59.7 Å². The quantitative estimate of drug-likeness (QED) is 0.901. The number of primary amides is 1. The lowest BCUT2D eigenvalue weighted by Crippen LogP contribution is -2.14. The number of carbonyl (C=O) groups excluding carboxylic acids is 1. The molecule has 0 heterocycles. The van der Waals surface area contributed by atoms with Gasteiger partial charge < -0.3 is 5.73 Å². The van der Waals surface area contributed by atoms with Gasteiger partial charge in [0.15, 0.2) is 0 Å². The molecule has 0 aliphatic carbocycles. The molecule has 0 radical (unpaired) electrons.